The van der Waals surface area contributed by atoms with Crippen molar-refractivity contribution in [2.45, 2.75) is 33.2 Å². The summed E-state index contributed by atoms with van der Waals surface area (Å²) in [5.74, 6) is -0.531. The van der Waals surface area contributed by atoms with E-state index >= 15 is 0 Å². The van der Waals surface area contributed by atoms with Gasteiger partial charge < -0.3 is 10.2 Å². The Bertz CT molecular complexity index is 521. The molecule has 0 aliphatic carbocycles. The molecule has 0 aliphatic heterocycles. The van der Waals surface area contributed by atoms with Crippen molar-refractivity contribution < 1.29 is 9.59 Å². The maximum Gasteiger partial charge on any atom is 0.254 e. The number of hydrogen-bond donors (Lipinski definition) is 1. The van der Waals surface area contributed by atoms with E-state index < -0.39 is 0 Å². The highest BCUT2D eigenvalue weighted by molar-refractivity contribution is 6.33. The molecular weight excluding hydrogens is 313 g/mol. The molecule has 0 fully saturated rings. The fourth-order valence-electron chi connectivity index (χ4n) is 1.73. The monoisotopic (exact) mass is 331 g/mol. The van der Waals surface area contributed by atoms with Gasteiger partial charge in [-0.1, -0.05) is 23.2 Å². The lowest BCUT2D eigenvalue weighted by Crippen LogP contribution is -2.47. The van der Waals surface area contributed by atoms with E-state index in [9.17, 15) is 9.59 Å². The first-order valence-electron chi connectivity index (χ1n) is 6.55. The predicted octanol–water partition coefficient (Wildman–Crippen LogP) is 2.77. The Kier molecular flexibility index (Phi) is 5.98. The lowest BCUT2D eigenvalue weighted by molar-refractivity contribution is -0.123. The normalized spacial score (nSPS) is 11.1. The zero-order valence-electron chi connectivity index (χ0n) is 12.5. The van der Waals surface area contributed by atoms with Crippen LogP contribution in [0.3, 0.4) is 0 Å². The SMILES string of the molecule is CCN(CC(=O)NC(C)(C)C)C(=O)c1cc(Cl)nc(Cl)c1. The number of hydrogen-bond acceptors (Lipinski definition) is 3. The molecule has 1 aromatic rings. The van der Waals surface area contributed by atoms with Crippen LogP contribution in [0.5, 0.6) is 0 Å². The largest absolute Gasteiger partial charge is 0.350 e. The van der Waals surface area contributed by atoms with Crippen LogP contribution in [-0.4, -0.2) is 40.3 Å². The minimum Gasteiger partial charge on any atom is -0.350 e. The molecule has 0 saturated heterocycles. The Morgan fingerprint density at radius 2 is 1.76 bits per heavy atom. The maximum atomic E-state index is 12.4. The summed E-state index contributed by atoms with van der Waals surface area (Å²) in [4.78, 5) is 29.5. The molecule has 1 rings (SSSR count). The van der Waals surface area contributed by atoms with Gasteiger partial charge >= 0.3 is 0 Å². The van der Waals surface area contributed by atoms with Crippen molar-refractivity contribution in [3.63, 3.8) is 0 Å². The second-order valence-electron chi connectivity index (χ2n) is 5.62. The van der Waals surface area contributed by atoms with E-state index in [4.69, 9.17) is 23.2 Å². The maximum absolute atomic E-state index is 12.4. The van der Waals surface area contributed by atoms with E-state index in [0.717, 1.165) is 0 Å². The highest BCUT2D eigenvalue weighted by Crippen LogP contribution is 2.16. The zero-order valence-corrected chi connectivity index (χ0v) is 14.0. The molecule has 0 unspecified atom stereocenters. The highest BCUT2D eigenvalue weighted by atomic mass is 35.5. The molecule has 1 aromatic heterocycles. The van der Waals surface area contributed by atoms with Gasteiger partial charge in [0.05, 0.1) is 6.54 Å². The Balaban J connectivity index is 2.84. The third-order valence-corrected chi connectivity index (χ3v) is 2.91. The van der Waals surface area contributed by atoms with Crippen LogP contribution in [0.25, 0.3) is 0 Å². The Morgan fingerprint density at radius 3 is 2.19 bits per heavy atom. The molecule has 1 heterocycles. The lowest BCUT2D eigenvalue weighted by atomic mass is 10.1. The summed E-state index contributed by atoms with van der Waals surface area (Å²) in [6.45, 7) is 7.81. The molecule has 1 N–H and O–H groups in total. The van der Waals surface area contributed by atoms with Crippen molar-refractivity contribution in [2.75, 3.05) is 13.1 Å². The molecule has 0 aromatic carbocycles. The van der Waals surface area contributed by atoms with Crippen LogP contribution in [0.15, 0.2) is 12.1 Å². The molecule has 5 nitrogen and oxygen atoms in total. The summed E-state index contributed by atoms with van der Waals surface area (Å²) in [6, 6.07) is 2.86. The van der Waals surface area contributed by atoms with Crippen molar-refractivity contribution in [3.8, 4) is 0 Å². The number of pyridine rings is 1. The predicted molar refractivity (Wildman–Crippen MR) is 83.7 cm³/mol. The van der Waals surface area contributed by atoms with Gasteiger partial charge in [0, 0.05) is 17.6 Å². The molecule has 0 bridgehead atoms. The molecular formula is C14H19Cl2N3O2. The minimum absolute atomic E-state index is 0.0236. The second-order valence-corrected chi connectivity index (χ2v) is 6.39. The van der Waals surface area contributed by atoms with E-state index in [1.165, 1.54) is 17.0 Å². The lowest BCUT2D eigenvalue weighted by Gasteiger charge is -2.25. The third-order valence-electron chi connectivity index (χ3n) is 2.53. The van der Waals surface area contributed by atoms with Gasteiger partial charge in [-0.2, -0.15) is 0 Å². The quantitative estimate of drug-likeness (QED) is 0.863. The number of nitrogens with one attached hydrogen (secondary N) is 1. The van der Waals surface area contributed by atoms with Crippen molar-refractivity contribution >= 4 is 35.0 Å². The van der Waals surface area contributed by atoms with Gasteiger partial charge in [-0.3, -0.25) is 9.59 Å². The standard InChI is InChI=1S/C14H19Cl2N3O2/c1-5-19(8-12(20)18-14(2,3)4)13(21)9-6-10(15)17-11(16)7-9/h6-7H,5,8H2,1-4H3,(H,18,20). The summed E-state index contributed by atoms with van der Waals surface area (Å²) in [6.07, 6.45) is 0. The van der Waals surface area contributed by atoms with Crippen molar-refractivity contribution in [3.05, 3.63) is 28.0 Å². The fraction of sp³-hybridized carbons (Fsp3) is 0.500. The Labute approximate surface area is 134 Å². The smallest absolute Gasteiger partial charge is 0.254 e. The van der Waals surface area contributed by atoms with E-state index in [2.05, 4.69) is 10.3 Å². The summed E-state index contributed by atoms with van der Waals surface area (Å²) >= 11 is 11.6. The van der Waals surface area contributed by atoms with E-state index in [1.54, 1.807) is 6.92 Å². The fourth-order valence-corrected chi connectivity index (χ4v) is 2.19. The van der Waals surface area contributed by atoms with Crippen LogP contribution < -0.4 is 5.32 Å². The minimum atomic E-state index is -0.344. The molecule has 0 spiro atoms. The summed E-state index contributed by atoms with van der Waals surface area (Å²) < 4.78 is 0. The summed E-state index contributed by atoms with van der Waals surface area (Å²) in [5, 5.41) is 3.10. The van der Waals surface area contributed by atoms with Crippen LogP contribution >= 0.6 is 23.2 Å². The molecule has 21 heavy (non-hydrogen) atoms. The van der Waals surface area contributed by atoms with Crippen molar-refractivity contribution in [1.29, 1.82) is 0 Å². The van der Waals surface area contributed by atoms with Gasteiger partial charge in [-0.25, -0.2) is 4.98 Å². The van der Waals surface area contributed by atoms with Gasteiger partial charge in [0.2, 0.25) is 5.91 Å². The summed E-state index contributed by atoms with van der Waals surface area (Å²) in [7, 11) is 0. The van der Waals surface area contributed by atoms with Crippen LogP contribution in [0.1, 0.15) is 38.1 Å². The van der Waals surface area contributed by atoms with Crippen LogP contribution in [0.4, 0.5) is 0 Å². The van der Waals surface area contributed by atoms with Gasteiger partial charge in [0.25, 0.3) is 5.91 Å². The number of likely N-dealkylation sites (N-methyl/N-ethyl adjacent to an activating group) is 1. The molecule has 7 heteroatoms. The Morgan fingerprint density at radius 1 is 1.24 bits per heavy atom. The van der Waals surface area contributed by atoms with Gasteiger partial charge in [-0.05, 0) is 39.8 Å². The number of amides is 2. The molecule has 0 radical (unpaired) electrons. The van der Waals surface area contributed by atoms with Gasteiger partial charge in [0.1, 0.15) is 10.3 Å². The second kappa shape index (κ2) is 7.09. The first-order chi connectivity index (χ1) is 9.62. The topological polar surface area (TPSA) is 62.3 Å². The number of aromatic nitrogens is 1. The number of carbonyl (C=O) groups excluding carboxylic acids is 2. The van der Waals surface area contributed by atoms with E-state index in [1.807, 2.05) is 20.8 Å². The average molecular weight is 332 g/mol. The van der Waals surface area contributed by atoms with Crippen molar-refractivity contribution in [2.24, 2.45) is 0 Å². The summed E-state index contributed by atoms with van der Waals surface area (Å²) in [5.41, 5.74) is -0.0339. The molecule has 0 saturated carbocycles. The Hall–Kier alpha value is -1.33. The molecule has 0 aliphatic rings. The van der Waals surface area contributed by atoms with Crippen LogP contribution in [-0.2, 0) is 4.79 Å². The molecule has 0 atom stereocenters. The van der Waals surface area contributed by atoms with Gasteiger partial charge in [0.15, 0.2) is 0 Å². The number of nitrogens with zero attached hydrogens (tertiary/aromatic N) is 2. The average Bonchev–Trinajstić information content (AvgIpc) is 2.31. The molecule has 2 amide bonds. The number of halogens is 2. The first-order valence-corrected chi connectivity index (χ1v) is 7.31. The van der Waals surface area contributed by atoms with Crippen LogP contribution in [0, 0.1) is 0 Å². The molecule has 116 valence electrons. The highest BCUT2D eigenvalue weighted by Gasteiger charge is 2.21. The third kappa shape index (κ3) is 5.89. The first kappa shape index (κ1) is 17.7. The number of rotatable bonds is 4. The van der Waals surface area contributed by atoms with E-state index in [-0.39, 0.29) is 34.2 Å². The number of carbonyl (C=O) groups is 2. The van der Waals surface area contributed by atoms with Crippen LogP contribution in [0.2, 0.25) is 10.3 Å². The van der Waals surface area contributed by atoms with Gasteiger partial charge in [-0.15, -0.1) is 0 Å². The van der Waals surface area contributed by atoms with Crippen molar-refractivity contribution in [1.82, 2.24) is 15.2 Å². The zero-order chi connectivity index (χ0) is 16.2. The van der Waals surface area contributed by atoms with E-state index in [0.29, 0.717) is 12.1 Å².